The second-order valence-electron chi connectivity index (χ2n) is 7.92. The standard InChI is InChI=1S/C21H35N5O3S/c1-22-21(23-12-15-30(27,28)24-16-20-11-5-6-14-29-20)25-18-8-7-13-26(17-18)19-9-3-2-4-10-19/h2-4,9-10,18,20,24H,5-8,11-17H2,1H3,(H2,22,23,25). The van der Waals surface area contributed by atoms with Gasteiger partial charge in [0.25, 0.3) is 0 Å². The summed E-state index contributed by atoms with van der Waals surface area (Å²) in [6.45, 7) is 3.32. The Morgan fingerprint density at radius 3 is 2.77 bits per heavy atom. The Labute approximate surface area is 180 Å². The third-order valence-electron chi connectivity index (χ3n) is 5.58. The number of sulfonamides is 1. The molecule has 9 heteroatoms. The third kappa shape index (κ3) is 7.45. The Balaban J connectivity index is 1.39. The Morgan fingerprint density at radius 2 is 2.03 bits per heavy atom. The molecule has 0 amide bonds. The number of piperidine rings is 1. The van der Waals surface area contributed by atoms with Crippen LogP contribution in [-0.2, 0) is 14.8 Å². The van der Waals surface area contributed by atoms with Gasteiger partial charge in [0.15, 0.2) is 5.96 Å². The zero-order valence-corrected chi connectivity index (χ0v) is 18.7. The highest BCUT2D eigenvalue weighted by atomic mass is 32.2. The SMILES string of the molecule is CN=C(NCCS(=O)(=O)NCC1CCCCO1)NC1CCCN(c2ccccc2)C1. The minimum atomic E-state index is -3.35. The van der Waals surface area contributed by atoms with Crippen LogP contribution in [0.5, 0.6) is 0 Å². The topological polar surface area (TPSA) is 95.1 Å². The maximum Gasteiger partial charge on any atom is 0.213 e. The van der Waals surface area contributed by atoms with Crippen molar-refractivity contribution in [1.29, 1.82) is 0 Å². The second-order valence-corrected chi connectivity index (χ2v) is 9.85. The van der Waals surface area contributed by atoms with Crippen LogP contribution < -0.4 is 20.3 Å². The van der Waals surface area contributed by atoms with Crippen LogP contribution in [0.25, 0.3) is 0 Å². The summed E-state index contributed by atoms with van der Waals surface area (Å²) < 4.78 is 32.8. The van der Waals surface area contributed by atoms with Crippen LogP contribution in [-0.4, -0.2) is 72.1 Å². The summed E-state index contributed by atoms with van der Waals surface area (Å²) in [5.74, 6) is 0.641. The van der Waals surface area contributed by atoms with E-state index >= 15 is 0 Å². The van der Waals surface area contributed by atoms with E-state index in [9.17, 15) is 8.42 Å². The predicted molar refractivity (Wildman–Crippen MR) is 122 cm³/mol. The van der Waals surface area contributed by atoms with Crippen LogP contribution in [0.4, 0.5) is 5.69 Å². The summed E-state index contributed by atoms with van der Waals surface area (Å²) in [5.41, 5.74) is 1.23. The molecule has 30 heavy (non-hydrogen) atoms. The van der Waals surface area contributed by atoms with E-state index in [-0.39, 0.29) is 17.9 Å². The average molecular weight is 438 g/mol. The first-order valence-electron chi connectivity index (χ1n) is 10.9. The van der Waals surface area contributed by atoms with Gasteiger partial charge in [-0.15, -0.1) is 0 Å². The molecule has 3 rings (SSSR count). The number of hydrogen-bond acceptors (Lipinski definition) is 5. The molecule has 2 unspecified atom stereocenters. The van der Waals surface area contributed by atoms with Crippen molar-refractivity contribution in [3.8, 4) is 0 Å². The zero-order chi connectivity index (χ0) is 21.2. The molecular weight excluding hydrogens is 402 g/mol. The molecule has 0 saturated carbocycles. The molecule has 2 aliphatic rings. The van der Waals surface area contributed by atoms with E-state index in [1.54, 1.807) is 7.05 Å². The van der Waals surface area contributed by atoms with Crippen molar-refractivity contribution < 1.29 is 13.2 Å². The van der Waals surface area contributed by atoms with Crippen molar-refractivity contribution in [1.82, 2.24) is 15.4 Å². The predicted octanol–water partition coefficient (Wildman–Crippen LogP) is 1.31. The highest BCUT2D eigenvalue weighted by Crippen LogP contribution is 2.19. The number of ether oxygens (including phenoxy) is 1. The van der Waals surface area contributed by atoms with Crippen molar-refractivity contribution in [2.24, 2.45) is 4.99 Å². The van der Waals surface area contributed by atoms with Crippen LogP contribution in [0.1, 0.15) is 32.1 Å². The lowest BCUT2D eigenvalue weighted by atomic mass is 10.1. The molecule has 0 spiro atoms. The van der Waals surface area contributed by atoms with Crippen LogP contribution in [0, 0.1) is 0 Å². The third-order valence-corrected chi connectivity index (χ3v) is 6.92. The van der Waals surface area contributed by atoms with E-state index in [1.807, 2.05) is 6.07 Å². The maximum absolute atomic E-state index is 12.3. The van der Waals surface area contributed by atoms with Gasteiger partial charge in [0, 0.05) is 51.6 Å². The molecule has 0 bridgehead atoms. The van der Waals surface area contributed by atoms with Gasteiger partial charge in [0.05, 0.1) is 11.9 Å². The lowest BCUT2D eigenvalue weighted by molar-refractivity contribution is 0.0200. The Bertz CT molecular complexity index is 766. The number of rotatable bonds is 8. The Kier molecular flexibility index (Phi) is 8.77. The van der Waals surface area contributed by atoms with Crippen molar-refractivity contribution in [3.05, 3.63) is 30.3 Å². The average Bonchev–Trinajstić information content (AvgIpc) is 2.78. The first-order chi connectivity index (χ1) is 14.6. The fourth-order valence-electron chi connectivity index (χ4n) is 3.92. The van der Waals surface area contributed by atoms with Gasteiger partial charge in [-0.05, 0) is 44.2 Å². The van der Waals surface area contributed by atoms with Gasteiger partial charge in [-0.1, -0.05) is 18.2 Å². The van der Waals surface area contributed by atoms with Gasteiger partial charge in [0.1, 0.15) is 0 Å². The molecule has 2 fully saturated rings. The van der Waals surface area contributed by atoms with Gasteiger partial charge < -0.3 is 20.3 Å². The number of nitrogens with one attached hydrogen (secondary N) is 3. The van der Waals surface area contributed by atoms with Crippen LogP contribution in [0.15, 0.2) is 35.3 Å². The van der Waals surface area contributed by atoms with Gasteiger partial charge in [0.2, 0.25) is 10.0 Å². The fraction of sp³-hybridized carbons (Fsp3) is 0.667. The first kappa shape index (κ1) is 22.8. The van der Waals surface area contributed by atoms with Gasteiger partial charge in [-0.3, -0.25) is 4.99 Å². The molecule has 0 radical (unpaired) electrons. The first-order valence-corrected chi connectivity index (χ1v) is 12.6. The van der Waals surface area contributed by atoms with E-state index in [1.165, 1.54) is 5.69 Å². The van der Waals surface area contributed by atoms with Gasteiger partial charge in [-0.25, -0.2) is 13.1 Å². The molecule has 2 heterocycles. The van der Waals surface area contributed by atoms with E-state index in [2.05, 4.69) is 49.5 Å². The molecule has 168 valence electrons. The summed E-state index contributed by atoms with van der Waals surface area (Å²) in [7, 11) is -1.64. The largest absolute Gasteiger partial charge is 0.377 e. The summed E-state index contributed by atoms with van der Waals surface area (Å²) in [6.07, 6.45) is 5.23. The molecule has 2 aliphatic heterocycles. The number of guanidine groups is 1. The number of aliphatic imine (C=N–C) groups is 1. The smallest absolute Gasteiger partial charge is 0.213 e. The van der Waals surface area contributed by atoms with Gasteiger partial charge >= 0.3 is 0 Å². The van der Waals surface area contributed by atoms with E-state index in [4.69, 9.17) is 4.74 Å². The van der Waals surface area contributed by atoms with E-state index < -0.39 is 10.0 Å². The van der Waals surface area contributed by atoms with E-state index in [0.717, 1.165) is 51.8 Å². The highest BCUT2D eigenvalue weighted by Gasteiger charge is 2.21. The lowest BCUT2D eigenvalue weighted by Gasteiger charge is -2.35. The molecule has 1 aromatic carbocycles. The molecular formula is C21H35N5O3S. The van der Waals surface area contributed by atoms with Crippen LogP contribution >= 0.6 is 0 Å². The zero-order valence-electron chi connectivity index (χ0n) is 17.8. The monoisotopic (exact) mass is 437 g/mol. The molecule has 0 aromatic heterocycles. The molecule has 3 N–H and O–H groups in total. The number of para-hydroxylation sites is 1. The molecule has 1 aromatic rings. The van der Waals surface area contributed by atoms with Crippen LogP contribution in [0.3, 0.4) is 0 Å². The minimum absolute atomic E-state index is 0.00122. The highest BCUT2D eigenvalue weighted by molar-refractivity contribution is 7.89. The van der Waals surface area contributed by atoms with Gasteiger partial charge in [-0.2, -0.15) is 0 Å². The summed E-state index contributed by atoms with van der Waals surface area (Å²) in [5, 5.41) is 6.57. The van der Waals surface area contributed by atoms with Crippen molar-refractivity contribution in [3.63, 3.8) is 0 Å². The molecule has 0 aliphatic carbocycles. The molecule has 2 atom stereocenters. The van der Waals surface area contributed by atoms with Crippen LogP contribution in [0.2, 0.25) is 0 Å². The Morgan fingerprint density at radius 1 is 1.20 bits per heavy atom. The van der Waals surface area contributed by atoms with Crippen molar-refractivity contribution in [2.45, 2.75) is 44.2 Å². The van der Waals surface area contributed by atoms with E-state index in [0.29, 0.717) is 19.0 Å². The molecule has 2 saturated heterocycles. The lowest BCUT2D eigenvalue weighted by Crippen LogP contribution is -2.52. The summed E-state index contributed by atoms with van der Waals surface area (Å²) in [6, 6.07) is 10.7. The number of hydrogen-bond donors (Lipinski definition) is 3. The maximum atomic E-state index is 12.3. The summed E-state index contributed by atoms with van der Waals surface area (Å²) >= 11 is 0. The quantitative estimate of drug-likeness (QED) is 0.419. The second kappa shape index (κ2) is 11.5. The number of benzene rings is 1. The van der Waals surface area contributed by atoms with Crippen molar-refractivity contribution in [2.75, 3.05) is 50.5 Å². The minimum Gasteiger partial charge on any atom is -0.377 e. The summed E-state index contributed by atoms with van der Waals surface area (Å²) in [4.78, 5) is 6.63. The normalized spacial score (nSPS) is 23.2. The number of anilines is 1. The molecule has 8 nitrogen and oxygen atoms in total. The number of nitrogens with zero attached hydrogens (tertiary/aromatic N) is 2. The van der Waals surface area contributed by atoms with Crippen molar-refractivity contribution >= 4 is 21.7 Å². The fourth-order valence-corrected chi connectivity index (χ4v) is 4.88. The Hall–Kier alpha value is -1.84.